The summed E-state index contributed by atoms with van der Waals surface area (Å²) in [6.07, 6.45) is 2.47. The van der Waals surface area contributed by atoms with Gasteiger partial charge in [0.05, 0.1) is 0 Å². The SMILES string of the molecule is Nc1cccc(C(=O)Nc2cccc(N3CCCC3)c2)c1. The molecule has 1 aliphatic heterocycles. The van der Waals surface area contributed by atoms with E-state index in [9.17, 15) is 4.79 Å². The van der Waals surface area contributed by atoms with Crippen LogP contribution in [0.25, 0.3) is 0 Å². The lowest BCUT2D eigenvalue weighted by molar-refractivity contribution is 0.102. The predicted octanol–water partition coefficient (Wildman–Crippen LogP) is 3.12. The number of benzene rings is 2. The largest absolute Gasteiger partial charge is 0.399 e. The molecule has 0 saturated carbocycles. The zero-order chi connectivity index (χ0) is 14.7. The second-order valence-corrected chi connectivity index (χ2v) is 5.32. The molecule has 3 N–H and O–H groups in total. The Hall–Kier alpha value is -2.49. The third-order valence-corrected chi connectivity index (χ3v) is 3.72. The maximum atomic E-state index is 12.2. The van der Waals surface area contributed by atoms with Gasteiger partial charge < -0.3 is 16.0 Å². The van der Waals surface area contributed by atoms with Crippen molar-refractivity contribution < 1.29 is 4.79 Å². The number of anilines is 3. The molecular weight excluding hydrogens is 262 g/mol. The molecule has 4 nitrogen and oxygen atoms in total. The number of nitrogens with two attached hydrogens (primary N) is 1. The molecule has 0 atom stereocenters. The van der Waals surface area contributed by atoms with Crippen molar-refractivity contribution in [2.45, 2.75) is 12.8 Å². The Bertz CT molecular complexity index is 648. The van der Waals surface area contributed by atoms with Crippen LogP contribution in [0.2, 0.25) is 0 Å². The molecule has 1 saturated heterocycles. The Kier molecular flexibility index (Phi) is 3.77. The molecule has 0 aromatic heterocycles. The Morgan fingerprint density at radius 1 is 1.05 bits per heavy atom. The van der Waals surface area contributed by atoms with Crippen molar-refractivity contribution in [3.05, 3.63) is 54.1 Å². The highest BCUT2D eigenvalue weighted by atomic mass is 16.1. The number of carbonyl (C=O) groups is 1. The molecule has 1 amide bonds. The minimum absolute atomic E-state index is 0.138. The first-order chi connectivity index (χ1) is 10.2. The van der Waals surface area contributed by atoms with Gasteiger partial charge in [-0.05, 0) is 49.2 Å². The molecular formula is C17H19N3O. The van der Waals surface area contributed by atoms with Gasteiger partial charge in [-0.1, -0.05) is 12.1 Å². The standard InChI is InChI=1S/C17H19N3O/c18-14-6-3-5-13(11-14)17(21)19-15-7-4-8-16(12-15)20-9-1-2-10-20/h3-8,11-12H,1-2,9-10,18H2,(H,19,21). The highest BCUT2D eigenvalue weighted by Gasteiger charge is 2.13. The number of amides is 1. The van der Waals surface area contributed by atoms with Crippen LogP contribution in [0.1, 0.15) is 23.2 Å². The second-order valence-electron chi connectivity index (χ2n) is 5.32. The van der Waals surface area contributed by atoms with E-state index in [1.807, 2.05) is 18.2 Å². The molecule has 1 heterocycles. The van der Waals surface area contributed by atoms with Crippen LogP contribution in [-0.4, -0.2) is 19.0 Å². The number of carbonyl (C=O) groups excluding carboxylic acids is 1. The lowest BCUT2D eigenvalue weighted by Crippen LogP contribution is -2.18. The van der Waals surface area contributed by atoms with Crippen molar-refractivity contribution in [2.24, 2.45) is 0 Å². The highest BCUT2D eigenvalue weighted by Crippen LogP contribution is 2.23. The summed E-state index contributed by atoms with van der Waals surface area (Å²) in [5, 5.41) is 2.93. The molecule has 1 aliphatic rings. The van der Waals surface area contributed by atoms with Gasteiger partial charge >= 0.3 is 0 Å². The fourth-order valence-electron chi connectivity index (χ4n) is 2.64. The first-order valence-corrected chi connectivity index (χ1v) is 7.24. The Labute approximate surface area is 124 Å². The van der Waals surface area contributed by atoms with E-state index >= 15 is 0 Å². The summed E-state index contributed by atoms with van der Waals surface area (Å²) < 4.78 is 0. The normalized spacial score (nSPS) is 14.2. The van der Waals surface area contributed by atoms with E-state index < -0.39 is 0 Å². The van der Waals surface area contributed by atoms with E-state index in [-0.39, 0.29) is 5.91 Å². The van der Waals surface area contributed by atoms with E-state index in [0.717, 1.165) is 24.5 Å². The molecule has 0 aliphatic carbocycles. The molecule has 108 valence electrons. The molecule has 3 rings (SSSR count). The number of nitrogens with zero attached hydrogens (tertiary/aromatic N) is 1. The maximum absolute atomic E-state index is 12.2. The van der Waals surface area contributed by atoms with Gasteiger partial charge in [0.15, 0.2) is 0 Å². The topological polar surface area (TPSA) is 58.4 Å². The number of hydrogen-bond acceptors (Lipinski definition) is 3. The van der Waals surface area contributed by atoms with Crippen molar-refractivity contribution in [3.63, 3.8) is 0 Å². The lowest BCUT2D eigenvalue weighted by atomic mass is 10.2. The number of rotatable bonds is 3. The van der Waals surface area contributed by atoms with E-state index in [0.29, 0.717) is 11.3 Å². The molecule has 0 bridgehead atoms. The van der Waals surface area contributed by atoms with E-state index in [1.54, 1.807) is 24.3 Å². The van der Waals surface area contributed by atoms with Crippen LogP contribution in [0.5, 0.6) is 0 Å². The number of hydrogen-bond donors (Lipinski definition) is 2. The van der Waals surface area contributed by atoms with Gasteiger partial charge in [-0.25, -0.2) is 0 Å². The van der Waals surface area contributed by atoms with Crippen molar-refractivity contribution in [2.75, 3.05) is 29.0 Å². The zero-order valence-corrected chi connectivity index (χ0v) is 11.9. The van der Waals surface area contributed by atoms with Crippen molar-refractivity contribution >= 4 is 23.0 Å². The van der Waals surface area contributed by atoms with Gasteiger partial charge in [0.1, 0.15) is 0 Å². The third-order valence-electron chi connectivity index (χ3n) is 3.72. The van der Waals surface area contributed by atoms with Crippen LogP contribution < -0.4 is 16.0 Å². The summed E-state index contributed by atoms with van der Waals surface area (Å²) in [6.45, 7) is 2.18. The zero-order valence-electron chi connectivity index (χ0n) is 11.9. The van der Waals surface area contributed by atoms with Gasteiger partial charge in [0.2, 0.25) is 0 Å². The van der Waals surface area contributed by atoms with Crippen LogP contribution in [0.4, 0.5) is 17.1 Å². The lowest BCUT2D eigenvalue weighted by Gasteiger charge is -2.18. The summed E-state index contributed by atoms with van der Waals surface area (Å²) >= 11 is 0. The van der Waals surface area contributed by atoms with Crippen LogP contribution in [0, 0.1) is 0 Å². The second kappa shape index (κ2) is 5.87. The summed E-state index contributed by atoms with van der Waals surface area (Å²) in [7, 11) is 0. The molecule has 0 unspecified atom stereocenters. The average Bonchev–Trinajstić information content (AvgIpc) is 3.02. The summed E-state index contributed by atoms with van der Waals surface area (Å²) in [5.41, 5.74) is 8.85. The van der Waals surface area contributed by atoms with Crippen LogP contribution in [-0.2, 0) is 0 Å². The van der Waals surface area contributed by atoms with Crippen molar-refractivity contribution in [3.8, 4) is 0 Å². The van der Waals surface area contributed by atoms with Gasteiger partial charge in [0, 0.05) is 35.7 Å². The summed E-state index contributed by atoms with van der Waals surface area (Å²) in [6, 6.07) is 15.0. The van der Waals surface area contributed by atoms with Gasteiger partial charge in [-0.2, -0.15) is 0 Å². The molecule has 1 fully saturated rings. The van der Waals surface area contributed by atoms with Crippen molar-refractivity contribution in [1.29, 1.82) is 0 Å². The van der Waals surface area contributed by atoms with Crippen LogP contribution in [0.15, 0.2) is 48.5 Å². The molecule has 2 aromatic rings. The van der Waals surface area contributed by atoms with Crippen LogP contribution >= 0.6 is 0 Å². The minimum atomic E-state index is -0.138. The number of nitrogen functional groups attached to an aromatic ring is 1. The van der Waals surface area contributed by atoms with Crippen LogP contribution in [0.3, 0.4) is 0 Å². The molecule has 0 radical (unpaired) electrons. The monoisotopic (exact) mass is 281 g/mol. The van der Waals surface area contributed by atoms with E-state index in [2.05, 4.69) is 16.3 Å². The van der Waals surface area contributed by atoms with E-state index in [4.69, 9.17) is 5.73 Å². The summed E-state index contributed by atoms with van der Waals surface area (Å²) in [5.74, 6) is -0.138. The average molecular weight is 281 g/mol. The molecule has 21 heavy (non-hydrogen) atoms. The fourth-order valence-corrected chi connectivity index (χ4v) is 2.64. The first kappa shape index (κ1) is 13.5. The quantitative estimate of drug-likeness (QED) is 0.850. The molecule has 4 heteroatoms. The minimum Gasteiger partial charge on any atom is -0.399 e. The molecule has 2 aromatic carbocycles. The van der Waals surface area contributed by atoms with Crippen molar-refractivity contribution in [1.82, 2.24) is 0 Å². The third kappa shape index (κ3) is 3.16. The first-order valence-electron chi connectivity index (χ1n) is 7.24. The predicted molar refractivity (Wildman–Crippen MR) is 86.7 cm³/mol. The smallest absolute Gasteiger partial charge is 0.255 e. The Morgan fingerprint density at radius 3 is 2.57 bits per heavy atom. The molecule has 0 spiro atoms. The van der Waals surface area contributed by atoms with Gasteiger partial charge in [-0.15, -0.1) is 0 Å². The highest BCUT2D eigenvalue weighted by molar-refractivity contribution is 6.04. The van der Waals surface area contributed by atoms with Gasteiger partial charge in [0.25, 0.3) is 5.91 Å². The Balaban J connectivity index is 1.75. The fraction of sp³-hybridized carbons (Fsp3) is 0.235. The number of nitrogens with one attached hydrogen (secondary N) is 1. The Morgan fingerprint density at radius 2 is 1.81 bits per heavy atom. The van der Waals surface area contributed by atoms with E-state index in [1.165, 1.54) is 12.8 Å². The maximum Gasteiger partial charge on any atom is 0.255 e. The summed E-state index contributed by atoms with van der Waals surface area (Å²) in [4.78, 5) is 14.6. The van der Waals surface area contributed by atoms with Gasteiger partial charge in [-0.3, -0.25) is 4.79 Å².